The predicted molar refractivity (Wildman–Crippen MR) is 221 cm³/mol. The highest BCUT2D eigenvalue weighted by molar-refractivity contribution is 6.10. The van der Waals surface area contributed by atoms with E-state index in [0.29, 0.717) is 0 Å². The average Bonchev–Trinajstić information content (AvgIpc) is 3.55. The zero-order valence-corrected chi connectivity index (χ0v) is 28.8. The first-order valence-electron chi connectivity index (χ1n) is 18.0. The van der Waals surface area contributed by atoms with E-state index in [1.54, 1.807) is 0 Å². The molecule has 0 amide bonds. The monoisotopic (exact) mass is 661 g/mol. The highest BCUT2D eigenvalue weighted by Crippen LogP contribution is 2.43. The molecule has 1 aromatic heterocycles. The summed E-state index contributed by atoms with van der Waals surface area (Å²) in [7, 11) is 0. The first-order chi connectivity index (χ1) is 25.7. The summed E-state index contributed by atoms with van der Waals surface area (Å²) in [6, 6.07) is 68.5. The van der Waals surface area contributed by atoms with Gasteiger partial charge in [-0.05, 0) is 133 Å². The molecule has 1 aliphatic rings. The summed E-state index contributed by atoms with van der Waals surface area (Å²) in [6.45, 7) is 4.63. The smallest absolute Gasteiger partial charge is 0.0541 e. The number of fused-ring (bicyclic) bond motifs is 6. The maximum atomic E-state index is 4.63. The van der Waals surface area contributed by atoms with Crippen molar-refractivity contribution >= 4 is 27.4 Å². The van der Waals surface area contributed by atoms with Crippen molar-refractivity contribution in [3.63, 3.8) is 0 Å². The van der Waals surface area contributed by atoms with Crippen molar-refractivity contribution in [3.05, 3.63) is 206 Å². The van der Waals surface area contributed by atoms with Crippen molar-refractivity contribution in [2.75, 3.05) is 0 Å². The van der Waals surface area contributed by atoms with Crippen LogP contribution in [0.3, 0.4) is 0 Å². The second kappa shape index (κ2) is 12.3. The molecule has 0 atom stereocenters. The average molecular weight is 662 g/mol. The number of benzene rings is 8. The van der Waals surface area contributed by atoms with Crippen molar-refractivity contribution in [2.45, 2.75) is 6.42 Å². The minimum atomic E-state index is 0.828. The van der Waals surface area contributed by atoms with Crippen LogP contribution in [0.15, 0.2) is 195 Å². The Morgan fingerprint density at radius 3 is 1.56 bits per heavy atom. The standard InChI is InChI=1S/C51H35N/c1-34-27-43-28-37(38-23-26-51-49(33-38)47-19-11-12-20-50(47)52(51)44-17-9-4-10-18-44)21-24-45(43)46-25-22-39(32-48(34)46)42-30-40(35-13-5-2-6-14-35)29-41(31-42)36-15-7-3-8-16-36/h2-26,28-33H,1,27H2. The molecule has 1 heteroatoms. The molecule has 1 nitrogen and oxygen atoms in total. The molecule has 0 unspecified atom stereocenters. The van der Waals surface area contributed by atoms with Crippen LogP contribution in [0.2, 0.25) is 0 Å². The number of allylic oxidation sites excluding steroid dienone is 1. The van der Waals surface area contributed by atoms with Gasteiger partial charge < -0.3 is 4.57 Å². The zero-order valence-electron chi connectivity index (χ0n) is 28.8. The summed E-state index contributed by atoms with van der Waals surface area (Å²) < 4.78 is 2.37. The Morgan fingerprint density at radius 2 is 0.865 bits per heavy atom. The van der Waals surface area contributed by atoms with Crippen LogP contribution in [0.1, 0.15) is 11.1 Å². The Bertz CT molecular complexity index is 2750. The molecule has 0 fully saturated rings. The van der Waals surface area contributed by atoms with Crippen molar-refractivity contribution in [1.82, 2.24) is 4.57 Å². The molecule has 1 aliphatic carbocycles. The van der Waals surface area contributed by atoms with Gasteiger partial charge in [-0.15, -0.1) is 0 Å². The minimum absolute atomic E-state index is 0.828. The second-order valence-electron chi connectivity index (χ2n) is 13.9. The number of hydrogen-bond acceptors (Lipinski definition) is 0. The summed E-state index contributed by atoms with van der Waals surface area (Å²) in [5.41, 5.74) is 19.6. The topological polar surface area (TPSA) is 4.93 Å². The summed E-state index contributed by atoms with van der Waals surface area (Å²) in [6.07, 6.45) is 0.828. The van der Waals surface area contributed by atoms with E-state index < -0.39 is 0 Å². The molecule has 8 aromatic carbocycles. The zero-order chi connectivity index (χ0) is 34.6. The van der Waals surface area contributed by atoms with Crippen LogP contribution in [0.5, 0.6) is 0 Å². The molecule has 0 saturated heterocycles. The van der Waals surface area contributed by atoms with Gasteiger partial charge >= 0.3 is 0 Å². The maximum absolute atomic E-state index is 4.63. The molecule has 0 saturated carbocycles. The van der Waals surface area contributed by atoms with E-state index in [0.717, 1.165) is 12.0 Å². The molecule has 10 rings (SSSR count). The van der Waals surface area contributed by atoms with Crippen LogP contribution in [-0.4, -0.2) is 4.57 Å². The summed E-state index contributed by atoms with van der Waals surface area (Å²) in [5, 5.41) is 2.54. The SMILES string of the molecule is C=C1Cc2cc(-c3ccc4c(c3)c3ccccc3n4-c3ccccc3)ccc2-c2ccc(-c3cc(-c4ccccc4)cc(-c4ccccc4)c3)cc21. The molecule has 0 radical (unpaired) electrons. The minimum Gasteiger partial charge on any atom is -0.309 e. The lowest BCUT2D eigenvalue weighted by atomic mass is 9.80. The van der Waals surface area contributed by atoms with Gasteiger partial charge in [-0.3, -0.25) is 0 Å². The third-order valence-corrected chi connectivity index (χ3v) is 10.7. The number of rotatable bonds is 5. The summed E-state index contributed by atoms with van der Waals surface area (Å²) in [4.78, 5) is 0. The van der Waals surface area contributed by atoms with Crippen molar-refractivity contribution < 1.29 is 0 Å². The molecule has 52 heavy (non-hydrogen) atoms. The highest BCUT2D eigenvalue weighted by Gasteiger charge is 2.21. The first-order valence-corrected chi connectivity index (χ1v) is 18.0. The molecule has 244 valence electrons. The Hall–Kier alpha value is -6.70. The fourth-order valence-electron chi connectivity index (χ4n) is 8.16. The van der Waals surface area contributed by atoms with E-state index in [2.05, 4.69) is 199 Å². The van der Waals surface area contributed by atoms with Crippen LogP contribution in [0.4, 0.5) is 0 Å². The molecule has 0 bridgehead atoms. The number of aromatic nitrogens is 1. The molecule has 0 spiro atoms. The van der Waals surface area contributed by atoms with Gasteiger partial charge in [0, 0.05) is 16.5 Å². The number of para-hydroxylation sites is 2. The van der Waals surface area contributed by atoms with Crippen LogP contribution in [0.25, 0.3) is 88.7 Å². The normalized spacial score (nSPS) is 12.2. The lowest BCUT2D eigenvalue weighted by molar-refractivity contribution is 1.18. The summed E-state index contributed by atoms with van der Waals surface area (Å²) in [5.74, 6) is 0. The Morgan fingerprint density at radius 1 is 0.346 bits per heavy atom. The third-order valence-electron chi connectivity index (χ3n) is 10.7. The van der Waals surface area contributed by atoms with Crippen molar-refractivity contribution in [1.29, 1.82) is 0 Å². The maximum Gasteiger partial charge on any atom is 0.0541 e. The number of nitrogens with zero attached hydrogens (tertiary/aromatic N) is 1. The van der Waals surface area contributed by atoms with Crippen LogP contribution >= 0.6 is 0 Å². The van der Waals surface area contributed by atoms with Gasteiger partial charge in [0.15, 0.2) is 0 Å². The molecular weight excluding hydrogens is 627 g/mol. The fraction of sp³-hybridized carbons (Fsp3) is 0.0196. The molecule has 1 heterocycles. The van der Waals surface area contributed by atoms with E-state index in [9.17, 15) is 0 Å². The van der Waals surface area contributed by atoms with Gasteiger partial charge in [0.25, 0.3) is 0 Å². The van der Waals surface area contributed by atoms with Gasteiger partial charge in [0.05, 0.1) is 11.0 Å². The Kier molecular flexibility index (Phi) is 7.11. The first kappa shape index (κ1) is 30.2. The van der Waals surface area contributed by atoms with Gasteiger partial charge in [0.1, 0.15) is 0 Å². The summed E-state index contributed by atoms with van der Waals surface area (Å²) >= 11 is 0. The Balaban J connectivity index is 1.04. The van der Waals surface area contributed by atoms with Gasteiger partial charge in [-0.25, -0.2) is 0 Å². The fourth-order valence-corrected chi connectivity index (χ4v) is 8.16. The molecule has 0 aliphatic heterocycles. The highest BCUT2D eigenvalue weighted by atomic mass is 15.0. The van der Waals surface area contributed by atoms with E-state index in [1.165, 1.54) is 94.3 Å². The quantitative estimate of drug-likeness (QED) is 0.173. The van der Waals surface area contributed by atoms with E-state index >= 15 is 0 Å². The van der Waals surface area contributed by atoms with Crippen LogP contribution < -0.4 is 0 Å². The van der Waals surface area contributed by atoms with Crippen molar-refractivity contribution in [2.24, 2.45) is 0 Å². The van der Waals surface area contributed by atoms with E-state index in [1.807, 2.05) is 0 Å². The lowest BCUT2D eigenvalue weighted by Gasteiger charge is -2.24. The largest absolute Gasteiger partial charge is 0.309 e. The van der Waals surface area contributed by atoms with E-state index in [4.69, 9.17) is 0 Å². The predicted octanol–water partition coefficient (Wildman–Crippen LogP) is 13.7. The van der Waals surface area contributed by atoms with Crippen molar-refractivity contribution in [3.8, 4) is 61.3 Å². The van der Waals surface area contributed by atoms with Gasteiger partial charge in [-0.2, -0.15) is 0 Å². The van der Waals surface area contributed by atoms with Gasteiger partial charge in [-0.1, -0.05) is 140 Å². The number of hydrogen-bond donors (Lipinski definition) is 0. The Labute approximate surface area is 304 Å². The van der Waals surface area contributed by atoms with Crippen LogP contribution in [0, 0.1) is 0 Å². The van der Waals surface area contributed by atoms with E-state index in [-0.39, 0.29) is 0 Å². The second-order valence-corrected chi connectivity index (χ2v) is 13.9. The molecule has 0 N–H and O–H groups in total. The van der Waals surface area contributed by atoms with Crippen LogP contribution in [-0.2, 0) is 6.42 Å². The molecular formula is C51H35N. The molecule has 9 aromatic rings. The van der Waals surface area contributed by atoms with Gasteiger partial charge in [0.2, 0.25) is 0 Å². The third kappa shape index (κ3) is 5.10. The lowest BCUT2D eigenvalue weighted by Crippen LogP contribution is -2.03.